The third kappa shape index (κ3) is 3.08. The van der Waals surface area contributed by atoms with Gasteiger partial charge in [-0.1, -0.05) is 44.2 Å². The lowest BCUT2D eigenvalue weighted by Crippen LogP contribution is -2.57. The van der Waals surface area contributed by atoms with Gasteiger partial charge in [0.15, 0.2) is 5.82 Å². The predicted molar refractivity (Wildman–Crippen MR) is 102 cm³/mol. The van der Waals surface area contributed by atoms with Crippen molar-refractivity contribution in [2.24, 2.45) is 16.7 Å². The minimum atomic E-state index is -0.550. The summed E-state index contributed by atoms with van der Waals surface area (Å²) in [6, 6.07) is 10.00. The summed E-state index contributed by atoms with van der Waals surface area (Å²) >= 11 is 0. The van der Waals surface area contributed by atoms with E-state index in [1.54, 1.807) is 4.90 Å². The van der Waals surface area contributed by atoms with Gasteiger partial charge in [0.2, 0.25) is 5.91 Å². The Kier molecular flexibility index (Phi) is 4.48. The Labute approximate surface area is 164 Å². The molecule has 0 spiro atoms. The lowest BCUT2D eigenvalue weighted by molar-refractivity contribution is -0.174. The minimum Gasteiger partial charge on any atom is -0.469 e. The summed E-state index contributed by atoms with van der Waals surface area (Å²) in [5, 5.41) is 7.12. The third-order valence-corrected chi connectivity index (χ3v) is 6.30. The topological polar surface area (TPSA) is 88.2 Å². The summed E-state index contributed by atoms with van der Waals surface area (Å²) in [5.74, 6) is 1.12. The molecule has 28 heavy (non-hydrogen) atoms. The number of carbonyl (C=O) groups excluding carboxylic acids is 2. The fourth-order valence-corrected chi connectivity index (χ4v) is 5.09. The lowest BCUT2D eigenvalue weighted by Gasteiger charge is -2.54. The summed E-state index contributed by atoms with van der Waals surface area (Å²) in [6.07, 6.45) is 1.53. The van der Waals surface area contributed by atoms with Gasteiger partial charge in [0.25, 0.3) is 0 Å². The maximum absolute atomic E-state index is 12.8. The molecule has 2 aromatic rings. The molecule has 1 aliphatic carbocycles. The Morgan fingerprint density at radius 1 is 1.29 bits per heavy atom. The van der Waals surface area contributed by atoms with E-state index in [4.69, 9.17) is 4.74 Å². The first-order valence-corrected chi connectivity index (χ1v) is 9.64. The highest BCUT2D eigenvalue weighted by Gasteiger charge is 2.67. The van der Waals surface area contributed by atoms with E-state index in [1.165, 1.54) is 7.11 Å². The van der Waals surface area contributed by atoms with E-state index < -0.39 is 5.41 Å². The van der Waals surface area contributed by atoms with Crippen LogP contribution in [0.5, 0.6) is 0 Å². The highest BCUT2D eigenvalue weighted by molar-refractivity contribution is 5.84. The number of methoxy groups -OCH3 is 1. The van der Waals surface area contributed by atoms with Crippen LogP contribution in [0.1, 0.15) is 37.5 Å². The molecule has 1 N–H and O–H groups in total. The van der Waals surface area contributed by atoms with E-state index in [-0.39, 0.29) is 29.6 Å². The first kappa shape index (κ1) is 18.7. The molecular formula is C21H26N4O3. The van der Waals surface area contributed by atoms with Crippen molar-refractivity contribution in [3.63, 3.8) is 0 Å². The van der Waals surface area contributed by atoms with E-state index in [1.807, 2.05) is 30.3 Å². The molecular weight excluding hydrogens is 356 g/mol. The van der Waals surface area contributed by atoms with Crippen molar-refractivity contribution in [1.29, 1.82) is 0 Å². The molecule has 0 bridgehead atoms. The van der Waals surface area contributed by atoms with E-state index in [0.29, 0.717) is 25.3 Å². The van der Waals surface area contributed by atoms with Crippen LogP contribution in [0.15, 0.2) is 30.3 Å². The highest BCUT2D eigenvalue weighted by atomic mass is 16.5. The Morgan fingerprint density at radius 3 is 2.71 bits per heavy atom. The molecule has 1 saturated carbocycles. The number of rotatable bonds is 5. The van der Waals surface area contributed by atoms with Crippen LogP contribution < -0.4 is 0 Å². The van der Waals surface area contributed by atoms with Crippen molar-refractivity contribution >= 4 is 11.9 Å². The molecule has 2 atom stereocenters. The number of H-pyrrole nitrogens is 1. The SMILES string of the molecule is COC(=O)[C@@]12CN(C(=O)Cc3n[nH]c(Cc4ccccc4)n3)C[C@@H]1C(C)(C)C2. The van der Waals surface area contributed by atoms with Crippen LogP contribution in [0.3, 0.4) is 0 Å². The number of nitrogens with one attached hydrogen (secondary N) is 1. The molecule has 2 fully saturated rings. The molecule has 7 heteroatoms. The number of likely N-dealkylation sites (tertiary alicyclic amines) is 1. The summed E-state index contributed by atoms with van der Waals surface area (Å²) in [4.78, 5) is 31.5. The quantitative estimate of drug-likeness (QED) is 0.799. The first-order chi connectivity index (χ1) is 13.3. The molecule has 4 rings (SSSR count). The largest absolute Gasteiger partial charge is 0.469 e. The number of nitrogens with zero attached hydrogens (tertiary/aromatic N) is 3. The fraction of sp³-hybridized carbons (Fsp3) is 0.524. The third-order valence-electron chi connectivity index (χ3n) is 6.30. The highest BCUT2D eigenvalue weighted by Crippen LogP contribution is 2.63. The number of aromatic nitrogens is 3. The summed E-state index contributed by atoms with van der Waals surface area (Å²) in [7, 11) is 1.42. The van der Waals surface area contributed by atoms with Gasteiger partial charge in [-0.05, 0) is 23.3 Å². The number of ether oxygens (including phenoxy) is 1. The Bertz CT molecular complexity index is 892. The summed E-state index contributed by atoms with van der Waals surface area (Å²) in [6.45, 7) is 5.31. The van der Waals surface area contributed by atoms with Crippen molar-refractivity contribution < 1.29 is 14.3 Å². The molecule has 148 valence electrons. The second-order valence-electron chi connectivity index (χ2n) is 8.68. The number of hydrogen-bond acceptors (Lipinski definition) is 5. The average molecular weight is 382 g/mol. The zero-order valence-corrected chi connectivity index (χ0v) is 16.6. The number of amides is 1. The van der Waals surface area contributed by atoms with E-state index in [0.717, 1.165) is 17.8 Å². The summed E-state index contributed by atoms with van der Waals surface area (Å²) in [5.41, 5.74) is 0.622. The first-order valence-electron chi connectivity index (χ1n) is 9.64. The van der Waals surface area contributed by atoms with Gasteiger partial charge < -0.3 is 9.64 Å². The number of fused-ring (bicyclic) bond motifs is 1. The van der Waals surface area contributed by atoms with Crippen LogP contribution in [0.25, 0.3) is 0 Å². The molecule has 1 saturated heterocycles. The van der Waals surface area contributed by atoms with Crippen LogP contribution in [-0.2, 0) is 27.2 Å². The smallest absolute Gasteiger partial charge is 0.314 e. The van der Waals surface area contributed by atoms with Gasteiger partial charge in [0.1, 0.15) is 5.82 Å². The average Bonchev–Trinajstić information content (AvgIpc) is 3.24. The minimum absolute atomic E-state index is 0.0384. The van der Waals surface area contributed by atoms with Gasteiger partial charge in [-0.15, -0.1) is 0 Å². The van der Waals surface area contributed by atoms with Crippen LogP contribution >= 0.6 is 0 Å². The van der Waals surface area contributed by atoms with Crippen molar-refractivity contribution in [3.05, 3.63) is 47.5 Å². The molecule has 1 aromatic heterocycles. The monoisotopic (exact) mass is 382 g/mol. The van der Waals surface area contributed by atoms with Gasteiger partial charge in [0.05, 0.1) is 18.9 Å². The Balaban J connectivity index is 1.42. The van der Waals surface area contributed by atoms with E-state index in [9.17, 15) is 9.59 Å². The van der Waals surface area contributed by atoms with Gasteiger partial charge in [-0.3, -0.25) is 14.7 Å². The predicted octanol–water partition coefficient (Wildman–Crippen LogP) is 1.99. The zero-order valence-electron chi connectivity index (χ0n) is 16.6. The van der Waals surface area contributed by atoms with E-state index in [2.05, 4.69) is 29.0 Å². The zero-order chi connectivity index (χ0) is 19.9. The van der Waals surface area contributed by atoms with Crippen molar-refractivity contribution in [1.82, 2.24) is 20.1 Å². The number of carbonyl (C=O) groups is 2. The van der Waals surface area contributed by atoms with Gasteiger partial charge >= 0.3 is 5.97 Å². The van der Waals surface area contributed by atoms with Crippen LogP contribution in [0, 0.1) is 16.7 Å². The molecule has 1 aliphatic heterocycles. The summed E-state index contributed by atoms with van der Waals surface area (Å²) < 4.78 is 5.05. The van der Waals surface area contributed by atoms with Crippen LogP contribution in [0.2, 0.25) is 0 Å². The Morgan fingerprint density at radius 2 is 2.04 bits per heavy atom. The van der Waals surface area contributed by atoms with Crippen molar-refractivity contribution in [2.75, 3.05) is 20.2 Å². The second-order valence-corrected chi connectivity index (χ2v) is 8.68. The van der Waals surface area contributed by atoms with Crippen molar-refractivity contribution in [2.45, 2.75) is 33.1 Å². The number of benzene rings is 1. The van der Waals surface area contributed by atoms with Crippen LogP contribution in [-0.4, -0.2) is 52.2 Å². The normalized spacial score (nSPS) is 25.1. The van der Waals surface area contributed by atoms with E-state index >= 15 is 0 Å². The second kappa shape index (κ2) is 6.72. The number of esters is 1. The molecule has 1 amide bonds. The molecule has 7 nitrogen and oxygen atoms in total. The van der Waals surface area contributed by atoms with Crippen molar-refractivity contribution in [3.8, 4) is 0 Å². The molecule has 2 aliphatic rings. The van der Waals surface area contributed by atoms with Gasteiger partial charge in [-0.2, -0.15) is 5.10 Å². The van der Waals surface area contributed by atoms with Gasteiger partial charge in [-0.25, -0.2) is 4.98 Å². The molecule has 0 radical (unpaired) electrons. The standard InChI is InChI=1S/C21H26N4O3/c1-20(2)12-21(19(27)28-3)13-25(11-15(20)21)18(26)10-17-22-16(23-24-17)9-14-7-5-4-6-8-14/h4-8,15H,9-13H2,1-3H3,(H,22,23,24)/t15-,21+/m1/s1. The van der Waals surface area contributed by atoms with Gasteiger partial charge in [0, 0.05) is 19.5 Å². The van der Waals surface area contributed by atoms with Crippen LogP contribution in [0.4, 0.5) is 0 Å². The number of aromatic amines is 1. The molecule has 0 unspecified atom stereocenters. The number of hydrogen-bond donors (Lipinski definition) is 1. The Hall–Kier alpha value is -2.70. The lowest BCUT2D eigenvalue weighted by atomic mass is 9.48. The molecule has 1 aromatic carbocycles. The molecule has 2 heterocycles. The maximum atomic E-state index is 12.8. The fourth-order valence-electron chi connectivity index (χ4n) is 5.09. The maximum Gasteiger partial charge on any atom is 0.314 e.